The number of pyridine rings is 1. The summed E-state index contributed by atoms with van der Waals surface area (Å²) in [6, 6.07) is 29.9. The predicted molar refractivity (Wildman–Crippen MR) is 145 cm³/mol. The zero-order valence-corrected chi connectivity index (χ0v) is 21.6. The van der Waals surface area contributed by atoms with E-state index in [1.54, 1.807) is 24.3 Å². The minimum atomic E-state index is -3.56. The molecule has 0 saturated heterocycles. The van der Waals surface area contributed by atoms with Gasteiger partial charge in [0, 0.05) is 21.9 Å². The van der Waals surface area contributed by atoms with Gasteiger partial charge in [-0.3, -0.25) is 0 Å². The van der Waals surface area contributed by atoms with E-state index in [0.29, 0.717) is 26.9 Å². The molecule has 0 bridgehead atoms. The van der Waals surface area contributed by atoms with Crippen LogP contribution in [0, 0.1) is 11.3 Å². The summed E-state index contributed by atoms with van der Waals surface area (Å²) in [5.41, 5.74) is 4.20. The van der Waals surface area contributed by atoms with Crippen molar-refractivity contribution in [1.29, 1.82) is 5.26 Å². The number of sulfone groups is 1. The predicted octanol–water partition coefficient (Wildman–Crippen LogP) is 6.01. The lowest BCUT2D eigenvalue weighted by Crippen LogP contribution is -2.24. The molecule has 1 atom stereocenters. The Hall–Kier alpha value is -3.15. The first-order valence-corrected chi connectivity index (χ1v) is 14.3. The molecule has 8 heteroatoms. The minimum absolute atomic E-state index is 0.0774. The SMILES string of the molecule is N#Cc1c(-c2ccccc2)cc(-c2ccccc2)nc1SC[C@@H](O)CS(=O)(=O)Cc1ccc(Cl)cc1. The second kappa shape index (κ2) is 11.7. The summed E-state index contributed by atoms with van der Waals surface area (Å²) in [6.45, 7) is 0. The van der Waals surface area contributed by atoms with Gasteiger partial charge in [0.15, 0.2) is 9.84 Å². The van der Waals surface area contributed by atoms with Gasteiger partial charge >= 0.3 is 0 Å². The van der Waals surface area contributed by atoms with Crippen LogP contribution in [-0.2, 0) is 15.6 Å². The van der Waals surface area contributed by atoms with Gasteiger partial charge in [0.05, 0.1) is 28.9 Å². The first kappa shape index (κ1) is 25.9. The van der Waals surface area contributed by atoms with Crippen LogP contribution in [0.3, 0.4) is 0 Å². The van der Waals surface area contributed by atoms with Gasteiger partial charge in [-0.2, -0.15) is 5.26 Å². The van der Waals surface area contributed by atoms with E-state index in [4.69, 9.17) is 16.6 Å². The van der Waals surface area contributed by atoms with Crippen LogP contribution in [0.25, 0.3) is 22.4 Å². The Morgan fingerprint density at radius 2 is 1.56 bits per heavy atom. The fraction of sp³-hybridized carbons (Fsp3) is 0.143. The molecule has 5 nitrogen and oxygen atoms in total. The molecule has 0 fully saturated rings. The Morgan fingerprint density at radius 3 is 2.17 bits per heavy atom. The highest BCUT2D eigenvalue weighted by atomic mass is 35.5. The maximum absolute atomic E-state index is 12.6. The fourth-order valence-corrected chi connectivity index (χ4v) is 6.47. The molecule has 1 heterocycles. The number of aliphatic hydroxyl groups excluding tert-OH is 1. The second-order valence-corrected chi connectivity index (χ2v) is 11.8. The second-order valence-electron chi connectivity index (χ2n) is 8.22. The van der Waals surface area contributed by atoms with Gasteiger partial charge < -0.3 is 5.11 Å². The summed E-state index contributed by atoms with van der Waals surface area (Å²) in [4.78, 5) is 4.71. The molecule has 0 saturated carbocycles. The Kier molecular flexibility index (Phi) is 8.44. The Bertz CT molecular complexity index is 1470. The van der Waals surface area contributed by atoms with Crippen LogP contribution in [0.5, 0.6) is 0 Å². The largest absolute Gasteiger partial charge is 0.391 e. The zero-order chi connectivity index (χ0) is 25.5. The number of nitrogens with zero attached hydrogens (tertiary/aromatic N) is 2. The molecule has 4 rings (SSSR count). The van der Waals surface area contributed by atoms with E-state index in [-0.39, 0.29) is 11.5 Å². The van der Waals surface area contributed by atoms with Crippen molar-refractivity contribution >= 4 is 33.2 Å². The Labute approximate surface area is 220 Å². The molecular formula is C28H23ClN2O3S2. The minimum Gasteiger partial charge on any atom is -0.391 e. The standard InChI is InChI=1S/C28H23ClN2O3S2/c29-23-13-11-20(12-14-23)18-36(33,34)19-24(32)17-35-28-26(16-30)25(21-7-3-1-4-8-21)15-27(31-28)22-9-5-2-6-10-22/h1-15,24,32H,17-19H2/t24-/m1/s1. The maximum atomic E-state index is 12.6. The molecule has 0 spiro atoms. The van der Waals surface area contributed by atoms with E-state index in [1.165, 1.54) is 11.8 Å². The molecule has 182 valence electrons. The zero-order valence-electron chi connectivity index (χ0n) is 19.2. The lowest BCUT2D eigenvalue weighted by molar-refractivity contribution is 0.222. The van der Waals surface area contributed by atoms with Gasteiger partial charge in [-0.05, 0) is 29.3 Å². The quantitative estimate of drug-likeness (QED) is 0.264. The van der Waals surface area contributed by atoms with Crippen LogP contribution in [0.1, 0.15) is 11.1 Å². The van der Waals surface area contributed by atoms with E-state index in [2.05, 4.69) is 6.07 Å². The van der Waals surface area contributed by atoms with Gasteiger partial charge in [-0.25, -0.2) is 13.4 Å². The highest BCUT2D eigenvalue weighted by Crippen LogP contribution is 2.34. The van der Waals surface area contributed by atoms with Crippen LogP contribution in [0.2, 0.25) is 5.02 Å². The third kappa shape index (κ3) is 6.74. The van der Waals surface area contributed by atoms with E-state index in [9.17, 15) is 18.8 Å². The smallest absolute Gasteiger partial charge is 0.157 e. The average molecular weight is 535 g/mol. The number of aliphatic hydroxyl groups is 1. The van der Waals surface area contributed by atoms with Gasteiger partial charge in [0.25, 0.3) is 0 Å². The van der Waals surface area contributed by atoms with Crippen molar-refractivity contribution in [2.45, 2.75) is 16.9 Å². The molecule has 0 radical (unpaired) electrons. The Balaban J connectivity index is 1.57. The van der Waals surface area contributed by atoms with Crippen molar-refractivity contribution < 1.29 is 13.5 Å². The first-order valence-electron chi connectivity index (χ1n) is 11.2. The number of hydrogen-bond donors (Lipinski definition) is 1. The van der Waals surface area contributed by atoms with Crippen molar-refractivity contribution in [1.82, 2.24) is 4.98 Å². The summed E-state index contributed by atoms with van der Waals surface area (Å²) < 4.78 is 25.3. The van der Waals surface area contributed by atoms with Crippen molar-refractivity contribution in [2.75, 3.05) is 11.5 Å². The summed E-state index contributed by atoms with van der Waals surface area (Å²) >= 11 is 7.05. The van der Waals surface area contributed by atoms with E-state index in [1.807, 2.05) is 66.7 Å². The number of rotatable bonds is 9. The molecule has 0 aliphatic rings. The van der Waals surface area contributed by atoms with Crippen LogP contribution >= 0.6 is 23.4 Å². The molecule has 4 aromatic rings. The van der Waals surface area contributed by atoms with E-state index < -0.39 is 21.7 Å². The maximum Gasteiger partial charge on any atom is 0.157 e. The monoisotopic (exact) mass is 534 g/mol. The molecular weight excluding hydrogens is 512 g/mol. The fourth-order valence-electron chi connectivity index (χ4n) is 3.75. The van der Waals surface area contributed by atoms with Crippen molar-refractivity contribution in [3.05, 3.63) is 107 Å². The van der Waals surface area contributed by atoms with Crippen LogP contribution < -0.4 is 0 Å². The first-order chi connectivity index (χ1) is 17.3. The molecule has 1 N–H and O–H groups in total. The highest BCUT2D eigenvalue weighted by Gasteiger charge is 2.21. The molecule has 0 aliphatic carbocycles. The number of thioether (sulfide) groups is 1. The number of nitriles is 1. The third-order valence-corrected chi connectivity index (χ3v) is 8.45. The number of benzene rings is 3. The molecule has 36 heavy (non-hydrogen) atoms. The number of hydrogen-bond acceptors (Lipinski definition) is 6. The van der Waals surface area contributed by atoms with Crippen LogP contribution in [0.4, 0.5) is 0 Å². The van der Waals surface area contributed by atoms with Gasteiger partial charge in [0.1, 0.15) is 11.1 Å². The lowest BCUT2D eigenvalue weighted by Gasteiger charge is -2.15. The third-order valence-electron chi connectivity index (χ3n) is 5.41. The van der Waals surface area contributed by atoms with E-state index >= 15 is 0 Å². The molecule has 3 aromatic carbocycles. The van der Waals surface area contributed by atoms with Crippen LogP contribution in [0.15, 0.2) is 96.0 Å². The van der Waals surface area contributed by atoms with Gasteiger partial charge in [-0.1, -0.05) is 84.4 Å². The topological polar surface area (TPSA) is 91.0 Å². The Morgan fingerprint density at radius 1 is 0.944 bits per heavy atom. The van der Waals surface area contributed by atoms with Gasteiger partial charge in [0.2, 0.25) is 0 Å². The average Bonchev–Trinajstić information content (AvgIpc) is 2.89. The number of halogens is 1. The van der Waals surface area contributed by atoms with Gasteiger partial charge in [-0.15, -0.1) is 11.8 Å². The number of aromatic nitrogens is 1. The summed E-state index contributed by atoms with van der Waals surface area (Å²) in [6.07, 6.45) is -1.12. The van der Waals surface area contributed by atoms with Crippen molar-refractivity contribution in [2.24, 2.45) is 0 Å². The van der Waals surface area contributed by atoms with Crippen LogP contribution in [-0.4, -0.2) is 36.1 Å². The molecule has 0 aliphatic heterocycles. The van der Waals surface area contributed by atoms with Crippen molar-refractivity contribution in [3.63, 3.8) is 0 Å². The van der Waals surface area contributed by atoms with E-state index in [0.717, 1.165) is 16.7 Å². The molecule has 0 unspecified atom stereocenters. The molecule has 1 aromatic heterocycles. The normalized spacial score (nSPS) is 12.1. The summed E-state index contributed by atoms with van der Waals surface area (Å²) in [5, 5.41) is 21.5. The summed E-state index contributed by atoms with van der Waals surface area (Å²) in [7, 11) is -3.56. The lowest BCUT2D eigenvalue weighted by atomic mass is 9.99. The summed E-state index contributed by atoms with van der Waals surface area (Å²) in [5.74, 6) is -0.502. The van der Waals surface area contributed by atoms with Crippen molar-refractivity contribution in [3.8, 4) is 28.5 Å². The highest BCUT2D eigenvalue weighted by molar-refractivity contribution is 7.99. The molecule has 0 amide bonds.